The summed E-state index contributed by atoms with van der Waals surface area (Å²) in [4.78, 5) is 8.76. The van der Waals surface area contributed by atoms with Crippen molar-refractivity contribution in [1.29, 1.82) is 0 Å². The highest BCUT2D eigenvalue weighted by molar-refractivity contribution is 5.63. The molecular formula is C12H20N4. The number of likely N-dealkylation sites (N-methyl/N-ethyl adjacent to an activating group) is 1. The first-order valence-electron chi connectivity index (χ1n) is 5.71. The molecule has 4 heteroatoms. The maximum Gasteiger partial charge on any atom is 0.146 e. The van der Waals surface area contributed by atoms with E-state index in [1.54, 1.807) is 6.20 Å². The predicted molar refractivity (Wildman–Crippen MR) is 67.5 cm³/mol. The molecule has 0 bridgehead atoms. The number of hydrogen-bond donors (Lipinski definition) is 1. The van der Waals surface area contributed by atoms with Gasteiger partial charge in [0, 0.05) is 25.3 Å². The topological polar surface area (TPSA) is 45.4 Å². The van der Waals surface area contributed by atoms with Gasteiger partial charge < -0.3 is 15.5 Å². The lowest BCUT2D eigenvalue weighted by atomic mass is 10.1. The van der Waals surface area contributed by atoms with E-state index in [-0.39, 0.29) is 0 Å². The van der Waals surface area contributed by atoms with Crippen LogP contribution in [0, 0.1) is 5.92 Å². The Balaban J connectivity index is 2.17. The molecule has 0 radical (unpaired) electrons. The van der Waals surface area contributed by atoms with E-state index in [1.807, 2.05) is 12.1 Å². The highest BCUT2D eigenvalue weighted by Gasteiger charge is 2.31. The lowest BCUT2D eigenvalue weighted by molar-refractivity contribution is 0.266. The van der Waals surface area contributed by atoms with Crippen molar-refractivity contribution in [3.63, 3.8) is 0 Å². The molecule has 88 valence electrons. The molecule has 0 aromatic carbocycles. The van der Waals surface area contributed by atoms with Crippen LogP contribution >= 0.6 is 0 Å². The van der Waals surface area contributed by atoms with Crippen LogP contribution in [0.2, 0.25) is 0 Å². The molecule has 1 saturated heterocycles. The standard InChI is InChI=1S/C12H20N4/c1-9-7-16(8-11(9)15(2)3)10-5-4-6-14-12(10)13/h4-6,9,11H,7-8H2,1-3H3,(H2,13,14). The summed E-state index contributed by atoms with van der Waals surface area (Å²) in [5, 5.41) is 0. The maximum absolute atomic E-state index is 5.90. The summed E-state index contributed by atoms with van der Waals surface area (Å²) in [6.07, 6.45) is 1.74. The molecule has 0 spiro atoms. The second-order valence-electron chi connectivity index (χ2n) is 4.82. The number of aromatic nitrogens is 1. The Hall–Kier alpha value is -1.29. The van der Waals surface area contributed by atoms with Gasteiger partial charge in [-0.15, -0.1) is 0 Å². The Morgan fingerprint density at radius 3 is 2.75 bits per heavy atom. The molecule has 1 aliphatic heterocycles. The first kappa shape index (κ1) is 11.2. The van der Waals surface area contributed by atoms with E-state index in [0.29, 0.717) is 17.8 Å². The fourth-order valence-electron chi connectivity index (χ4n) is 2.49. The van der Waals surface area contributed by atoms with Crippen LogP contribution in [0.3, 0.4) is 0 Å². The Bertz CT molecular complexity index is 364. The average Bonchev–Trinajstić information content (AvgIpc) is 2.61. The van der Waals surface area contributed by atoms with Crippen molar-refractivity contribution in [3.8, 4) is 0 Å². The Morgan fingerprint density at radius 1 is 1.44 bits per heavy atom. The molecule has 1 aliphatic rings. The maximum atomic E-state index is 5.90. The van der Waals surface area contributed by atoms with E-state index in [2.05, 4.69) is 35.8 Å². The minimum atomic E-state index is 0.597. The summed E-state index contributed by atoms with van der Waals surface area (Å²) in [7, 11) is 4.27. The Kier molecular flexibility index (Phi) is 3.01. The summed E-state index contributed by atoms with van der Waals surface area (Å²) in [6.45, 7) is 4.38. The number of nitrogen functional groups attached to an aromatic ring is 1. The van der Waals surface area contributed by atoms with Gasteiger partial charge in [-0.3, -0.25) is 0 Å². The van der Waals surface area contributed by atoms with Crippen molar-refractivity contribution in [2.45, 2.75) is 13.0 Å². The summed E-state index contributed by atoms with van der Waals surface area (Å²) in [5.74, 6) is 1.30. The molecule has 2 rings (SSSR count). The van der Waals surface area contributed by atoms with Crippen LogP contribution < -0.4 is 10.6 Å². The molecule has 1 aromatic heterocycles. The van der Waals surface area contributed by atoms with E-state index in [9.17, 15) is 0 Å². The van der Waals surface area contributed by atoms with Gasteiger partial charge in [0.25, 0.3) is 0 Å². The highest BCUT2D eigenvalue weighted by Crippen LogP contribution is 2.28. The van der Waals surface area contributed by atoms with Crippen LogP contribution in [-0.2, 0) is 0 Å². The van der Waals surface area contributed by atoms with E-state index in [4.69, 9.17) is 5.73 Å². The van der Waals surface area contributed by atoms with Gasteiger partial charge in [-0.05, 0) is 32.1 Å². The minimum absolute atomic E-state index is 0.597. The smallest absolute Gasteiger partial charge is 0.146 e. The van der Waals surface area contributed by atoms with E-state index < -0.39 is 0 Å². The number of anilines is 2. The van der Waals surface area contributed by atoms with Crippen LogP contribution in [-0.4, -0.2) is 43.1 Å². The van der Waals surface area contributed by atoms with Crippen molar-refractivity contribution in [1.82, 2.24) is 9.88 Å². The van der Waals surface area contributed by atoms with Crippen molar-refractivity contribution in [3.05, 3.63) is 18.3 Å². The molecule has 4 nitrogen and oxygen atoms in total. The average molecular weight is 220 g/mol. The van der Waals surface area contributed by atoms with Crippen molar-refractivity contribution in [2.75, 3.05) is 37.8 Å². The minimum Gasteiger partial charge on any atom is -0.382 e. The van der Waals surface area contributed by atoms with Gasteiger partial charge in [0.1, 0.15) is 5.82 Å². The van der Waals surface area contributed by atoms with Crippen LogP contribution in [0.15, 0.2) is 18.3 Å². The van der Waals surface area contributed by atoms with Gasteiger partial charge in [0.15, 0.2) is 0 Å². The number of nitrogens with zero attached hydrogens (tertiary/aromatic N) is 3. The zero-order valence-corrected chi connectivity index (χ0v) is 10.2. The molecule has 1 fully saturated rings. The Labute approximate surface area is 97.1 Å². The van der Waals surface area contributed by atoms with Crippen molar-refractivity contribution >= 4 is 11.5 Å². The third-order valence-corrected chi connectivity index (χ3v) is 3.39. The van der Waals surface area contributed by atoms with Gasteiger partial charge in [0.05, 0.1) is 5.69 Å². The van der Waals surface area contributed by atoms with E-state index in [0.717, 1.165) is 18.8 Å². The lowest BCUT2D eigenvalue weighted by Gasteiger charge is -2.23. The van der Waals surface area contributed by atoms with Gasteiger partial charge in [0.2, 0.25) is 0 Å². The normalized spacial score (nSPS) is 25.4. The van der Waals surface area contributed by atoms with Crippen LogP contribution in [0.5, 0.6) is 0 Å². The second kappa shape index (κ2) is 4.29. The van der Waals surface area contributed by atoms with Crippen molar-refractivity contribution < 1.29 is 0 Å². The van der Waals surface area contributed by atoms with Gasteiger partial charge in [-0.25, -0.2) is 4.98 Å². The third-order valence-electron chi connectivity index (χ3n) is 3.39. The fourth-order valence-corrected chi connectivity index (χ4v) is 2.49. The molecule has 0 aliphatic carbocycles. The van der Waals surface area contributed by atoms with E-state index >= 15 is 0 Å². The molecular weight excluding hydrogens is 200 g/mol. The first-order chi connectivity index (χ1) is 7.59. The summed E-state index contributed by atoms with van der Waals surface area (Å²) in [5.41, 5.74) is 6.97. The summed E-state index contributed by atoms with van der Waals surface area (Å²) >= 11 is 0. The lowest BCUT2D eigenvalue weighted by Crippen LogP contribution is -2.34. The monoisotopic (exact) mass is 220 g/mol. The van der Waals surface area contributed by atoms with Gasteiger partial charge in [-0.2, -0.15) is 0 Å². The summed E-state index contributed by atoms with van der Waals surface area (Å²) in [6, 6.07) is 4.59. The largest absolute Gasteiger partial charge is 0.382 e. The Morgan fingerprint density at radius 2 is 2.19 bits per heavy atom. The molecule has 16 heavy (non-hydrogen) atoms. The molecule has 2 N–H and O–H groups in total. The SMILES string of the molecule is CC1CN(c2cccnc2N)CC1N(C)C. The van der Waals surface area contributed by atoms with Crippen molar-refractivity contribution in [2.24, 2.45) is 5.92 Å². The molecule has 0 saturated carbocycles. The zero-order chi connectivity index (χ0) is 11.7. The number of nitrogens with two attached hydrogens (primary N) is 1. The summed E-state index contributed by atoms with van der Waals surface area (Å²) < 4.78 is 0. The molecule has 0 amide bonds. The molecule has 2 heterocycles. The molecule has 1 aromatic rings. The number of hydrogen-bond acceptors (Lipinski definition) is 4. The van der Waals surface area contributed by atoms with Gasteiger partial charge >= 0.3 is 0 Å². The van der Waals surface area contributed by atoms with Crippen LogP contribution in [0.4, 0.5) is 11.5 Å². The quantitative estimate of drug-likeness (QED) is 0.809. The fraction of sp³-hybridized carbons (Fsp3) is 0.583. The molecule has 2 unspecified atom stereocenters. The first-order valence-corrected chi connectivity index (χ1v) is 5.71. The zero-order valence-electron chi connectivity index (χ0n) is 10.2. The highest BCUT2D eigenvalue weighted by atomic mass is 15.2. The van der Waals surface area contributed by atoms with Crippen LogP contribution in [0.25, 0.3) is 0 Å². The third kappa shape index (κ3) is 1.97. The number of pyridine rings is 1. The molecule has 2 atom stereocenters. The van der Waals surface area contributed by atoms with Crippen LogP contribution in [0.1, 0.15) is 6.92 Å². The predicted octanol–water partition coefficient (Wildman–Crippen LogP) is 1.05. The van der Waals surface area contributed by atoms with Gasteiger partial charge in [-0.1, -0.05) is 6.92 Å². The number of rotatable bonds is 2. The second-order valence-corrected chi connectivity index (χ2v) is 4.82. The van der Waals surface area contributed by atoms with E-state index in [1.165, 1.54) is 0 Å².